The molecule has 0 aliphatic carbocycles. The number of carboxylic acid groups (broad SMARTS) is 1. The molecule has 2 atom stereocenters. The van der Waals surface area contributed by atoms with Gasteiger partial charge in [-0.1, -0.05) is 43.7 Å². The fraction of sp³-hybridized carbons (Fsp3) is 0.533. The monoisotopic (exact) mass is 249 g/mol. The molecular weight excluding hydrogens is 226 g/mol. The van der Waals surface area contributed by atoms with Gasteiger partial charge in [0.1, 0.15) is 0 Å². The Hall–Kier alpha value is -1.35. The molecule has 1 aromatic rings. The van der Waals surface area contributed by atoms with Crippen LogP contribution in [0.3, 0.4) is 0 Å². The van der Waals surface area contributed by atoms with E-state index in [1.54, 1.807) is 6.92 Å². The van der Waals surface area contributed by atoms with Gasteiger partial charge in [-0.05, 0) is 26.0 Å². The van der Waals surface area contributed by atoms with Crippen LogP contribution in [0.15, 0.2) is 24.3 Å². The molecule has 0 spiro atoms. The highest BCUT2D eigenvalue weighted by atomic mass is 16.4. The van der Waals surface area contributed by atoms with Gasteiger partial charge in [-0.3, -0.25) is 9.69 Å². The molecule has 0 radical (unpaired) electrons. The molecule has 0 aliphatic rings. The van der Waals surface area contributed by atoms with Crippen molar-refractivity contribution in [2.75, 3.05) is 13.1 Å². The molecule has 100 valence electrons. The summed E-state index contributed by atoms with van der Waals surface area (Å²) in [6, 6.07) is 8.68. The Morgan fingerprint density at radius 2 is 1.83 bits per heavy atom. The second kappa shape index (κ2) is 6.55. The van der Waals surface area contributed by atoms with Crippen molar-refractivity contribution < 1.29 is 9.90 Å². The number of aliphatic carboxylic acids is 1. The van der Waals surface area contributed by atoms with Crippen molar-refractivity contribution in [1.82, 2.24) is 4.90 Å². The fourth-order valence-corrected chi connectivity index (χ4v) is 2.05. The van der Waals surface area contributed by atoms with Gasteiger partial charge in [-0.15, -0.1) is 0 Å². The first-order valence-corrected chi connectivity index (χ1v) is 6.49. The summed E-state index contributed by atoms with van der Waals surface area (Å²) in [6.45, 7) is 9.46. The Kier molecular flexibility index (Phi) is 5.35. The summed E-state index contributed by atoms with van der Waals surface area (Å²) >= 11 is 0. The summed E-state index contributed by atoms with van der Waals surface area (Å²) in [7, 11) is 0. The summed E-state index contributed by atoms with van der Waals surface area (Å²) in [5, 5.41) is 8.99. The standard InChI is InChI=1S/C15H23NO2/c1-5-16(10-12(3)15(17)18)13(4)14-8-6-11(2)7-9-14/h6-9,12-13H,5,10H2,1-4H3,(H,17,18). The largest absolute Gasteiger partial charge is 0.481 e. The molecule has 1 N–H and O–H groups in total. The van der Waals surface area contributed by atoms with E-state index in [2.05, 4.69) is 49.9 Å². The molecule has 0 aromatic heterocycles. The maximum atomic E-state index is 10.9. The smallest absolute Gasteiger partial charge is 0.307 e. The molecule has 18 heavy (non-hydrogen) atoms. The Bertz CT molecular complexity index is 386. The highest BCUT2D eigenvalue weighted by molar-refractivity contribution is 5.69. The predicted molar refractivity (Wildman–Crippen MR) is 73.6 cm³/mol. The minimum absolute atomic E-state index is 0.248. The van der Waals surface area contributed by atoms with Crippen LogP contribution >= 0.6 is 0 Å². The number of rotatable bonds is 6. The van der Waals surface area contributed by atoms with Crippen LogP contribution in [0, 0.1) is 12.8 Å². The Morgan fingerprint density at radius 3 is 2.28 bits per heavy atom. The van der Waals surface area contributed by atoms with Crippen LogP contribution in [-0.2, 0) is 4.79 Å². The van der Waals surface area contributed by atoms with Gasteiger partial charge in [-0.25, -0.2) is 0 Å². The van der Waals surface area contributed by atoms with Gasteiger partial charge in [0.2, 0.25) is 0 Å². The van der Waals surface area contributed by atoms with E-state index < -0.39 is 5.97 Å². The highest BCUT2D eigenvalue weighted by Gasteiger charge is 2.20. The van der Waals surface area contributed by atoms with Gasteiger partial charge in [0.15, 0.2) is 0 Å². The topological polar surface area (TPSA) is 40.5 Å². The molecule has 0 saturated heterocycles. The summed E-state index contributed by atoms with van der Waals surface area (Å²) in [6.07, 6.45) is 0. The summed E-state index contributed by atoms with van der Waals surface area (Å²) in [5.74, 6) is -1.07. The second-order valence-electron chi connectivity index (χ2n) is 4.91. The molecule has 0 amide bonds. The van der Waals surface area contributed by atoms with Crippen LogP contribution in [0.1, 0.15) is 37.9 Å². The van der Waals surface area contributed by atoms with Gasteiger partial charge < -0.3 is 5.11 Å². The average molecular weight is 249 g/mol. The number of carbonyl (C=O) groups is 1. The summed E-state index contributed by atoms with van der Waals surface area (Å²) in [4.78, 5) is 13.1. The van der Waals surface area contributed by atoms with Crippen molar-refractivity contribution in [2.24, 2.45) is 5.92 Å². The van der Waals surface area contributed by atoms with Crippen molar-refractivity contribution in [2.45, 2.75) is 33.7 Å². The third kappa shape index (κ3) is 3.84. The lowest BCUT2D eigenvalue weighted by atomic mass is 10.0. The lowest BCUT2D eigenvalue weighted by molar-refractivity contribution is -0.141. The normalized spacial score (nSPS) is 14.5. The van der Waals surface area contributed by atoms with E-state index in [0.717, 1.165) is 6.54 Å². The molecule has 1 aromatic carbocycles. The van der Waals surface area contributed by atoms with Crippen LogP contribution in [0.5, 0.6) is 0 Å². The first kappa shape index (κ1) is 14.7. The molecule has 2 unspecified atom stereocenters. The molecule has 3 heteroatoms. The van der Waals surface area contributed by atoms with Crippen LogP contribution in [0.25, 0.3) is 0 Å². The number of nitrogens with zero attached hydrogens (tertiary/aromatic N) is 1. The third-order valence-electron chi connectivity index (χ3n) is 3.44. The maximum absolute atomic E-state index is 10.9. The van der Waals surface area contributed by atoms with Crippen LogP contribution in [-0.4, -0.2) is 29.1 Å². The first-order chi connectivity index (χ1) is 8.45. The van der Waals surface area contributed by atoms with E-state index >= 15 is 0 Å². The SMILES string of the molecule is CCN(CC(C)C(=O)O)C(C)c1ccc(C)cc1. The van der Waals surface area contributed by atoms with Crippen molar-refractivity contribution in [1.29, 1.82) is 0 Å². The molecule has 0 saturated carbocycles. The number of aryl methyl sites for hydroxylation is 1. The predicted octanol–water partition coefficient (Wildman–Crippen LogP) is 3.10. The third-order valence-corrected chi connectivity index (χ3v) is 3.44. The van der Waals surface area contributed by atoms with Crippen LogP contribution < -0.4 is 0 Å². The Balaban J connectivity index is 2.75. The van der Waals surface area contributed by atoms with Crippen molar-refractivity contribution >= 4 is 5.97 Å². The van der Waals surface area contributed by atoms with Crippen molar-refractivity contribution in [3.05, 3.63) is 35.4 Å². The van der Waals surface area contributed by atoms with Crippen LogP contribution in [0.4, 0.5) is 0 Å². The van der Waals surface area contributed by atoms with Crippen molar-refractivity contribution in [3.8, 4) is 0 Å². The Labute approximate surface area is 109 Å². The van der Waals surface area contributed by atoms with E-state index in [1.807, 2.05) is 0 Å². The summed E-state index contributed by atoms with van der Waals surface area (Å²) < 4.78 is 0. The molecule has 0 heterocycles. The first-order valence-electron chi connectivity index (χ1n) is 6.49. The molecule has 0 bridgehead atoms. The lowest BCUT2D eigenvalue weighted by Gasteiger charge is -2.29. The number of benzene rings is 1. The van der Waals surface area contributed by atoms with E-state index in [4.69, 9.17) is 5.11 Å². The second-order valence-corrected chi connectivity index (χ2v) is 4.91. The number of hydrogen-bond donors (Lipinski definition) is 1. The number of hydrogen-bond acceptors (Lipinski definition) is 2. The average Bonchev–Trinajstić information content (AvgIpc) is 2.35. The lowest BCUT2D eigenvalue weighted by Crippen LogP contribution is -2.33. The molecule has 3 nitrogen and oxygen atoms in total. The van der Waals surface area contributed by atoms with Crippen molar-refractivity contribution in [3.63, 3.8) is 0 Å². The minimum Gasteiger partial charge on any atom is -0.481 e. The molecule has 0 aliphatic heterocycles. The van der Waals surface area contributed by atoms with Gasteiger partial charge in [-0.2, -0.15) is 0 Å². The van der Waals surface area contributed by atoms with Gasteiger partial charge in [0, 0.05) is 12.6 Å². The van der Waals surface area contributed by atoms with E-state index in [-0.39, 0.29) is 12.0 Å². The zero-order valence-electron chi connectivity index (χ0n) is 11.7. The minimum atomic E-state index is -0.732. The van der Waals surface area contributed by atoms with E-state index in [9.17, 15) is 4.79 Å². The van der Waals surface area contributed by atoms with Crippen LogP contribution in [0.2, 0.25) is 0 Å². The molecular formula is C15H23NO2. The zero-order chi connectivity index (χ0) is 13.7. The zero-order valence-corrected chi connectivity index (χ0v) is 11.7. The number of carboxylic acids is 1. The molecule has 0 fully saturated rings. The van der Waals surface area contributed by atoms with E-state index in [0.29, 0.717) is 6.54 Å². The Morgan fingerprint density at radius 1 is 1.28 bits per heavy atom. The molecule has 1 rings (SSSR count). The quantitative estimate of drug-likeness (QED) is 0.842. The summed E-state index contributed by atoms with van der Waals surface area (Å²) in [5.41, 5.74) is 2.48. The highest BCUT2D eigenvalue weighted by Crippen LogP contribution is 2.21. The van der Waals surface area contributed by atoms with E-state index in [1.165, 1.54) is 11.1 Å². The van der Waals surface area contributed by atoms with Gasteiger partial charge in [0.05, 0.1) is 5.92 Å². The van der Waals surface area contributed by atoms with Gasteiger partial charge >= 0.3 is 5.97 Å². The van der Waals surface area contributed by atoms with Gasteiger partial charge in [0.25, 0.3) is 0 Å². The fourth-order valence-electron chi connectivity index (χ4n) is 2.05. The maximum Gasteiger partial charge on any atom is 0.307 e.